The van der Waals surface area contributed by atoms with Gasteiger partial charge in [-0.2, -0.15) is 8.42 Å². The van der Waals surface area contributed by atoms with Gasteiger partial charge in [0, 0.05) is 24.2 Å². The quantitative estimate of drug-likeness (QED) is 0.527. The first-order chi connectivity index (χ1) is 14.2. The van der Waals surface area contributed by atoms with Gasteiger partial charge in [0.1, 0.15) is 17.2 Å². The first kappa shape index (κ1) is 23.5. The van der Waals surface area contributed by atoms with Gasteiger partial charge in [0.15, 0.2) is 0 Å². The number of ether oxygens (including phenoxy) is 2. The number of hydrogen-bond donors (Lipinski definition) is 0. The molecular formula is C22H29NO6S. The SMILES string of the molecule is CCC(C)N(Cc1cccc(OS(=O)(=O)CC)c1)C(=O)c1cc(OC)cc(OC)c1. The molecule has 0 aliphatic rings. The van der Waals surface area contributed by atoms with Crippen LogP contribution in [0.2, 0.25) is 0 Å². The topological polar surface area (TPSA) is 82.1 Å². The van der Waals surface area contributed by atoms with Gasteiger partial charge in [0.25, 0.3) is 5.91 Å². The Balaban J connectivity index is 2.34. The number of amides is 1. The normalized spacial score (nSPS) is 12.2. The molecule has 0 N–H and O–H groups in total. The largest absolute Gasteiger partial charge is 0.497 e. The van der Waals surface area contributed by atoms with Crippen molar-refractivity contribution in [2.24, 2.45) is 0 Å². The molecule has 0 aliphatic carbocycles. The fraction of sp³-hybridized carbons (Fsp3) is 0.409. The van der Waals surface area contributed by atoms with Crippen molar-refractivity contribution in [1.82, 2.24) is 4.90 Å². The third kappa shape index (κ3) is 6.13. The predicted molar refractivity (Wildman–Crippen MR) is 116 cm³/mol. The summed E-state index contributed by atoms with van der Waals surface area (Å²) in [6, 6.07) is 11.8. The lowest BCUT2D eigenvalue weighted by Crippen LogP contribution is -2.37. The highest BCUT2D eigenvalue weighted by Gasteiger charge is 2.22. The Morgan fingerprint density at radius 1 is 1.00 bits per heavy atom. The minimum Gasteiger partial charge on any atom is -0.497 e. The zero-order valence-electron chi connectivity index (χ0n) is 18.0. The second kappa shape index (κ2) is 10.3. The lowest BCUT2D eigenvalue weighted by Gasteiger charge is -2.29. The Bertz CT molecular complexity index is 951. The zero-order valence-corrected chi connectivity index (χ0v) is 18.9. The van der Waals surface area contributed by atoms with E-state index in [1.165, 1.54) is 21.1 Å². The van der Waals surface area contributed by atoms with Crippen LogP contribution in [0.25, 0.3) is 0 Å². The first-order valence-electron chi connectivity index (χ1n) is 9.78. The maximum Gasteiger partial charge on any atom is 0.308 e. The van der Waals surface area contributed by atoms with Gasteiger partial charge >= 0.3 is 10.1 Å². The Labute approximate surface area is 178 Å². The molecular weight excluding hydrogens is 406 g/mol. The average molecular weight is 436 g/mol. The van der Waals surface area contributed by atoms with E-state index in [1.807, 2.05) is 19.9 Å². The van der Waals surface area contributed by atoms with Crippen molar-refractivity contribution in [2.75, 3.05) is 20.0 Å². The summed E-state index contributed by atoms with van der Waals surface area (Å²) in [4.78, 5) is 15.1. The number of benzene rings is 2. The molecule has 2 rings (SSSR count). The summed E-state index contributed by atoms with van der Waals surface area (Å²) in [6.45, 7) is 5.79. The highest BCUT2D eigenvalue weighted by atomic mass is 32.2. The Kier molecular flexibility index (Phi) is 8.11. The molecule has 2 aromatic rings. The molecule has 0 fully saturated rings. The van der Waals surface area contributed by atoms with Gasteiger partial charge in [0.05, 0.1) is 20.0 Å². The molecule has 0 saturated heterocycles. The van der Waals surface area contributed by atoms with Crippen molar-refractivity contribution >= 4 is 16.0 Å². The van der Waals surface area contributed by atoms with Crippen LogP contribution in [0.1, 0.15) is 43.1 Å². The van der Waals surface area contributed by atoms with Crippen LogP contribution < -0.4 is 13.7 Å². The summed E-state index contributed by atoms with van der Waals surface area (Å²) in [5.41, 5.74) is 1.22. The molecule has 0 saturated carbocycles. The van der Waals surface area contributed by atoms with E-state index in [9.17, 15) is 13.2 Å². The fourth-order valence-corrected chi connectivity index (χ4v) is 3.36. The summed E-state index contributed by atoms with van der Waals surface area (Å²) in [7, 11) is -0.556. The molecule has 164 valence electrons. The molecule has 0 aromatic heterocycles. The van der Waals surface area contributed by atoms with E-state index in [-0.39, 0.29) is 23.5 Å². The molecule has 0 spiro atoms. The van der Waals surface area contributed by atoms with Crippen molar-refractivity contribution < 1.29 is 26.9 Å². The Hall–Kier alpha value is -2.74. The number of carbonyl (C=O) groups excluding carboxylic acids is 1. The van der Waals surface area contributed by atoms with Gasteiger partial charge in [-0.05, 0) is 50.1 Å². The molecule has 0 radical (unpaired) electrons. The minimum atomic E-state index is -3.62. The minimum absolute atomic E-state index is 0.0429. The van der Waals surface area contributed by atoms with Crippen LogP contribution in [0, 0.1) is 0 Å². The molecule has 1 atom stereocenters. The van der Waals surface area contributed by atoms with Crippen LogP contribution in [0.3, 0.4) is 0 Å². The first-order valence-corrected chi connectivity index (χ1v) is 11.4. The number of methoxy groups -OCH3 is 2. The van der Waals surface area contributed by atoms with Gasteiger partial charge in [-0.25, -0.2) is 0 Å². The van der Waals surface area contributed by atoms with Crippen LogP contribution in [0.4, 0.5) is 0 Å². The van der Waals surface area contributed by atoms with Gasteiger partial charge in [-0.3, -0.25) is 4.79 Å². The summed E-state index contributed by atoms with van der Waals surface area (Å²) in [5, 5.41) is 0. The van der Waals surface area contributed by atoms with Gasteiger partial charge in [-0.1, -0.05) is 19.1 Å². The molecule has 8 heteroatoms. The van der Waals surface area contributed by atoms with E-state index in [4.69, 9.17) is 13.7 Å². The summed E-state index contributed by atoms with van der Waals surface area (Å²) < 4.78 is 39.2. The van der Waals surface area contributed by atoms with Crippen LogP contribution in [0.5, 0.6) is 17.2 Å². The Morgan fingerprint density at radius 3 is 2.17 bits per heavy atom. The van der Waals surface area contributed by atoms with Crippen molar-refractivity contribution in [3.05, 3.63) is 53.6 Å². The highest BCUT2D eigenvalue weighted by Crippen LogP contribution is 2.25. The van der Waals surface area contributed by atoms with E-state index in [0.717, 1.165) is 12.0 Å². The monoisotopic (exact) mass is 435 g/mol. The molecule has 7 nitrogen and oxygen atoms in total. The summed E-state index contributed by atoms with van der Waals surface area (Å²) >= 11 is 0. The number of carbonyl (C=O) groups is 1. The highest BCUT2D eigenvalue weighted by molar-refractivity contribution is 7.87. The van der Waals surface area contributed by atoms with E-state index in [0.29, 0.717) is 23.6 Å². The van der Waals surface area contributed by atoms with Crippen LogP contribution in [0.15, 0.2) is 42.5 Å². The lowest BCUT2D eigenvalue weighted by atomic mass is 10.1. The van der Waals surface area contributed by atoms with Crippen LogP contribution in [-0.2, 0) is 16.7 Å². The van der Waals surface area contributed by atoms with Gasteiger partial charge < -0.3 is 18.6 Å². The average Bonchev–Trinajstić information content (AvgIpc) is 2.76. The molecule has 0 bridgehead atoms. The van der Waals surface area contributed by atoms with E-state index in [2.05, 4.69) is 0 Å². The molecule has 0 aliphatic heterocycles. The van der Waals surface area contributed by atoms with Crippen molar-refractivity contribution in [3.63, 3.8) is 0 Å². The van der Waals surface area contributed by atoms with Crippen molar-refractivity contribution in [2.45, 2.75) is 39.8 Å². The number of rotatable bonds is 10. The summed E-state index contributed by atoms with van der Waals surface area (Å²) in [5.74, 6) is 0.999. The van der Waals surface area contributed by atoms with Gasteiger partial charge in [0.2, 0.25) is 0 Å². The van der Waals surface area contributed by atoms with E-state index in [1.54, 1.807) is 41.3 Å². The smallest absolute Gasteiger partial charge is 0.308 e. The maximum absolute atomic E-state index is 13.3. The lowest BCUT2D eigenvalue weighted by molar-refractivity contribution is 0.0670. The van der Waals surface area contributed by atoms with Crippen LogP contribution >= 0.6 is 0 Å². The standard InChI is InChI=1S/C22H29NO6S/c1-6-16(3)23(22(24)18-12-20(27-4)14-21(13-18)28-5)15-17-9-8-10-19(11-17)29-30(25,26)7-2/h8-14,16H,6-7,15H2,1-5H3. The maximum atomic E-state index is 13.3. The van der Waals surface area contributed by atoms with Crippen molar-refractivity contribution in [3.8, 4) is 17.2 Å². The second-order valence-corrected chi connectivity index (χ2v) is 8.73. The van der Waals surface area contributed by atoms with Gasteiger partial charge in [-0.15, -0.1) is 0 Å². The van der Waals surface area contributed by atoms with E-state index < -0.39 is 10.1 Å². The molecule has 1 amide bonds. The molecule has 0 heterocycles. The zero-order chi connectivity index (χ0) is 22.3. The second-order valence-electron chi connectivity index (χ2n) is 6.87. The molecule has 1 unspecified atom stereocenters. The molecule has 2 aromatic carbocycles. The Morgan fingerprint density at radius 2 is 1.63 bits per heavy atom. The van der Waals surface area contributed by atoms with Crippen LogP contribution in [-0.4, -0.2) is 45.2 Å². The molecule has 30 heavy (non-hydrogen) atoms. The van der Waals surface area contributed by atoms with E-state index >= 15 is 0 Å². The number of nitrogens with zero attached hydrogens (tertiary/aromatic N) is 1. The summed E-state index contributed by atoms with van der Waals surface area (Å²) in [6.07, 6.45) is 0.757. The number of hydrogen-bond acceptors (Lipinski definition) is 6. The third-order valence-corrected chi connectivity index (χ3v) is 5.96. The predicted octanol–water partition coefficient (Wildman–Crippen LogP) is 3.87. The fourth-order valence-electron chi connectivity index (χ4n) is 2.84. The van der Waals surface area contributed by atoms with Crippen molar-refractivity contribution in [1.29, 1.82) is 0 Å². The third-order valence-electron chi connectivity index (χ3n) is 4.81.